The van der Waals surface area contributed by atoms with E-state index in [1.807, 2.05) is 48.5 Å². The number of rotatable bonds is 1. The maximum Gasteiger partial charge on any atom is 0.143 e. The maximum absolute atomic E-state index is 10.4. The number of hydrogen-bond donors (Lipinski definition) is 2. The van der Waals surface area contributed by atoms with Gasteiger partial charge in [-0.3, -0.25) is 0 Å². The van der Waals surface area contributed by atoms with Crippen molar-refractivity contribution in [3.8, 4) is 22.6 Å². The van der Waals surface area contributed by atoms with Gasteiger partial charge in [-0.1, -0.05) is 54.6 Å². The van der Waals surface area contributed by atoms with Crippen LogP contribution in [-0.2, 0) is 0 Å². The third kappa shape index (κ3) is 1.86. The Kier molecular flexibility index (Phi) is 2.80. The summed E-state index contributed by atoms with van der Waals surface area (Å²) >= 11 is 0. The van der Waals surface area contributed by atoms with Gasteiger partial charge in [0.05, 0.1) is 6.26 Å². The van der Waals surface area contributed by atoms with E-state index in [2.05, 4.69) is 0 Å². The monoisotopic (exact) mass is 326 g/mol. The lowest BCUT2D eigenvalue weighted by Crippen LogP contribution is -1.83. The fourth-order valence-corrected chi connectivity index (χ4v) is 3.65. The highest BCUT2D eigenvalue weighted by Gasteiger charge is 2.18. The molecular weight excluding hydrogens is 312 g/mol. The van der Waals surface area contributed by atoms with E-state index in [1.54, 1.807) is 24.5 Å². The smallest absolute Gasteiger partial charge is 0.143 e. The molecule has 3 heteroatoms. The quantitative estimate of drug-likeness (QED) is 0.382. The Labute approximate surface area is 143 Å². The second-order valence-electron chi connectivity index (χ2n) is 6.12. The number of aromatic hydroxyl groups is 2. The second-order valence-corrected chi connectivity index (χ2v) is 6.12. The van der Waals surface area contributed by atoms with E-state index in [1.165, 1.54) is 0 Å². The van der Waals surface area contributed by atoms with Crippen molar-refractivity contribution >= 4 is 32.5 Å². The average molecular weight is 326 g/mol. The number of phenolic OH excluding ortho intramolecular Hbond substituents is 2. The highest BCUT2D eigenvalue weighted by molar-refractivity contribution is 6.28. The lowest BCUT2D eigenvalue weighted by Gasteiger charge is -2.09. The van der Waals surface area contributed by atoms with Crippen LogP contribution in [0, 0.1) is 0 Å². The third-order valence-electron chi connectivity index (χ3n) is 4.74. The Hall–Kier alpha value is -3.46. The average Bonchev–Trinajstić information content (AvgIpc) is 3.07. The Balaban J connectivity index is 2.06. The van der Waals surface area contributed by atoms with Crippen molar-refractivity contribution in [1.82, 2.24) is 0 Å². The van der Waals surface area contributed by atoms with E-state index in [9.17, 15) is 10.2 Å². The minimum Gasteiger partial charge on any atom is -0.507 e. The molecule has 0 unspecified atom stereocenters. The van der Waals surface area contributed by atoms with E-state index in [0.29, 0.717) is 5.58 Å². The van der Waals surface area contributed by atoms with E-state index in [0.717, 1.165) is 38.1 Å². The molecule has 0 aliphatic rings. The van der Waals surface area contributed by atoms with Crippen LogP contribution < -0.4 is 0 Å². The molecule has 0 aliphatic carbocycles. The molecule has 4 aromatic carbocycles. The molecule has 1 aromatic heterocycles. The molecule has 0 bridgehead atoms. The van der Waals surface area contributed by atoms with E-state index >= 15 is 0 Å². The molecule has 3 nitrogen and oxygen atoms in total. The standard InChI is InChI=1S/C22H14O3/c23-18-10-4-3-6-13(18)17-12-25-22-16-9-5-11-19(24)20(16)14-7-1-2-8-15(14)21(17)22/h1-12,23-24H. The van der Waals surface area contributed by atoms with Crippen LogP contribution in [0.5, 0.6) is 11.5 Å². The Morgan fingerprint density at radius 2 is 1.20 bits per heavy atom. The van der Waals surface area contributed by atoms with Crippen LogP contribution in [0.2, 0.25) is 0 Å². The molecule has 120 valence electrons. The summed E-state index contributed by atoms with van der Waals surface area (Å²) in [7, 11) is 0. The molecule has 1 heterocycles. The number of benzene rings is 4. The number of phenols is 2. The van der Waals surface area contributed by atoms with Crippen LogP contribution in [0.3, 0.4) is 0 Å². The zero-order chi connectivity index (χ0) is 17.0. The van der Waals surface area contributed by atoms with E-state index in [-0.39, 0.29) is 11.5 Å². The third-order valence-corrected chi connectivity index (χ3v) is 4.74. The Morgan fingerprint density at radius 1 is 0.560 bits per heavy atom. The molecule has 0 spiro atoms. The van der Waals surface area contributed by atoms with Gasteiger partial charge >= 0.3 is 0 Å². The van der Waals surface area contributed by atoms with Gasteiger partial charge in [-0.25, -0.2) is 0 Å². The zero-order valence-electron chi connectivity index (χ0n) is 13.2. The first-order valence-electron chi connectivity index (χ1n) is 8.07. The second kappa shape index (κ2) is 5.02. The molecular formula is C22H14O3. The summed E-state index contributed by atoms with van der Waals surface area (Å²) < 4.78 is 5.91. The van der Waals surface area contributed by atoms with Crippen molar-refractivity contribution in [2.24, 2.45) is 0 Å². The van der Waals surface area contributed by atoms with Crippen molar-refractivity contribution in [3.05, 3.63) is 73.0 Å². The van der Waals surface area contributed by atoms with Gasteiger partial charge in [0.1, 0.15) is 17.1 Å². The van der Waals surface area contributed by atoms with Crippen molar-refractivity contribution in [2.45, 2.75) is 0 Å². The first-order valence-corrected chi connectivity index (χ1v) is 8.07. The lowest BCUT2D eigenvalue weighted by atomic mass is 9.94. The number of para-hydroxylation sites is 1. The van der Waals surface area contributed by atoms with Crippen molar-refractivity contribution in [3.63, 3.8) is 0 Å². The predicted molar refractivity (Wildman–Crippen MR) is 100.0 cm³/mol. The number of furan rings is 1. The lowest BCUT2D eigenvalue weighted by molar-refractivity contribution is 0.477. The van der Waals surface area contributed by atoms with E-state index in [4.69, 9.17) is 4.42 Å². The van der Waals surface area contributed by atoms with Gasteiger partial charge in [-0.2, -0.15) is 0 Å². The molecule has 0 saturated heterocycles. The largest absolute Gasteiger partial charge is 0.507 e. The normalized spacial score (nSPS) is 11.5. The summed E-state index contributed by atoms with van der Waals surface area (Å²) in [5.41, 5.74) is 2.28. The molecule has 0 saturated carbocycles. The first kappa shape index (κ1) is 13.9. The fraction of sp³-hybridized carbons (Fsp3) is 0. The Bertz CT molecular complexity index is 1260. The molecule has 25 heavy (non-hydrogen) atoms. The van der Waals surface area contributed by atoms with Crippen LogP contribution >= 0.6 is 0 Å². The van der Waals surface area contributed by atoms with Crippen LogP contribution in [-0.4, -0.2) is 10.2 Å². The maximum atomic E-state index is 10.4. The SMILES string of the molecule is Oc1ccccc1-c1coc2c3cccc(O)c3c3ccccc3c12. The van der Waals surface area contributed by atoms with Crippen LogP contribution in [0.15, 0.2) is 77.4 Å². The van der Waals surface area contributed by atoms with Gasteiger partial charge < -0.3 is 14.6 Å². The summed E-state index contributed by atoms with van der Waals surface area (Å²) in [6.45, 7) is 0. The van der Waals surface area contributed by atoms with Crippen molar-refractivity contribution in [2.75, 3.05) is 0 Å². The first-order chi connectivity index (χ1) is 12.3. The molecule has 5 rings (SSSR count). The highest BCUT2D eigenvalue weighted by Crippen LogP contribution is 2.45. The zero-order valence-corrected chi connectivity index (χ0v) is 13.2. The van der Waals surface area contributed by atoms with Crippen molar-refractivity contribution in [1.29, 1.82) is 0 Å². The van der Waals surface area contributed by atoms with Crippen LogP contribution in [0.25, 0.3) is 43.6 Å². The predicted octanol–water partition coefficient (Wildman–Crippen LogP) is 5.82. The van der Waals surface area contributed by atoms with E-state index < -0.39 is 0 Å². The number of fused-ring (bicyclic) bond motifs is 6. The topological polar surface area (TPSA) is 53.6 Å². The van der Waals surface area contributed by atoms with Gasteiger partial charge in [0.2, 0.25) is 0 Å². The van der Waals surface area contributed by atoms with Gasteiger partial charge in [-0.15, -0.1) is 0 Å². The molecule has 0 amide bonds. The molecule has 2 N–H and O–H groups in total. The minimum absolute atomic E-state index is 0.213. The molecule has 5 aromatic rings. The summed E-state index contributed by atoms with van der Waals surface area (Å²) in [6.07, 6.45) is 1.68. The highest BCUT2D eigenvalue weighted by atomic mass is 16.3. The minimum atomic E-state index is 0.213. The van der Waals surface area contributed by atoms with Crippen LogP contribution in [0.1, 0.15) is 0 Å². The number of hydrogen-bond acceptors (Lipinski definition) is 3. The summed E-state index contributed by atoms with van der Waals surface area (Å²) in [5, 5.41) is 25.2. The van der Waals surface area contributed by atoms with Crippen LogP contribution in [0.4, 0.5) is 0 Å². The molecule has 0 aliphatic heterocycles. The molecule has 0 fully saturated rings. The van der Waals surface area contributed by atoms with Crippen molar-refractivity contribution < 1.29 is 14.6 Å². The van der Waals surface area contributed by atoms with Gasteiger partial charge in [-0.05, 0) is 22.9 Å². The van der Waals surface area contributed by atoms with Gasteiger partial charge in [0, 0.05) is 27.3 Å². The summed E-state index contributed by atoms with van der Waals surface area (Å²) in [4.78, 5) is 0. The summed E-state index contributed by atoms with van der Waals surface area (Å²) in [6, 6.07) is 20.6. The molecule has 0 radical (unpaired) electrons. The van der Waals surface area contributed by atoms with Gasteiger partial charge in [0.15, 0.2) is 0 Å². The molecule has 0 atom stereocenters. The van der Waals surface area contributed by atoms with Gasteiger partial charge in [0.25, 0.3) is 0 Å². The fourth-order valence-electron chi connectivity index (χ4n) is 3.65. The Morgan fingerprint density at radius 3 is 2.00 bits per heavy atom. The summed E-state index contributed by atoms with van der Waals surface area (Å²) in [5.74, 6) is 0.446.